The molecular formula is C18H17FN2O3. The number of rotatable bonds is 3. The number of anilines is 1. The first-order valence-electron chi connectivity index (χ1n) is 7.73. The Morgan fingerprint density at radius 2 is 1.79 bits per heavy atom. The van der Waals surface area contributed by atoms with Gasteiger partial charge < -0.3 is 10.1 Å². The molecule has 0 aliphatic carbocycles. The molecule has 3 rings (SSSR count). The van der Waals surface area contributed by atoms with E-state index in [0.29, 0.717) is 24.4 Å². The van der Waals surface area contributed by atoms with E-state index in [0.717, 1.165) is 6.42 Å². The second kappa shape index (κ2) is 7.12. The molecule has 1 aliphatic rings. The van der Waals surface area contributed by atoms with Crippen molar-refractivity contribution in [1.82, 2.24) is 4.90 Å². The predicted octanol–water partition coefficient (Wildman–Crippen LogP) is 3.43. The fourth-order valence-corrected chi connectivity index (χ4v) is 2.66. The van der Waals surface area contributed by atoms with Gasteiger partial charge in [0.15, 0.2) is 0 Å². The summed E-state index contributed by atoms with van der Waals surface area (Å²) in [6.07, 6.45) is 0.750. The first-order valence-corrected chi connectivity index (χ1v) is 7.73. The molecule has 0 bridgehead atoms. The summed E-state index contributed by atoms with van der Waals surface area (Å²) in [7, 11) is 0. The maximum absolute atomic E-state index is 12.9. The molecule has 0 radical (unpaired) electrons. The monoisotopic (exact) mass is 328 g/mol. The van der Waals surface area contributed by atoms with E-state index in [1.165, 1.54) is 29.2 Å². The summed E-state index contributed by atoms with van der Waals surface area (Å²) in [5.74, 6) is -0.238. The van der Waals surface area contributed by atoms with Gasteiger partial charge in [0.2, 0.25) is 5.91 Å². The third-order valence-electron chi connectivity index (χ3n) is 3.85. The van der Waals surface area contributed by atoms with E-state index in [2.05, 4.69) is 5.32 Å². The number of nitrogens with one attached hydrogen (secondary N) is 1. The molecule has 24 heavy (non-hydrogen) atoms. The Hall–Kier alpha value is -2.89. The number of hydrogen-bond donors (Lipinski definition) is 1. The van der Waals surface area contributed by atoms with Crippen molar-refractivity contribution >= 4 is 17.7 Å². The fourth-order valence-electron chi connectivity index (χ4n) is 2.66. The van der Waals surface area contributed by atoms with Crippen LogP contribution in [0.3, 0.4) is 0 Å². The lowest BCUT2D eigenvalue weighted by Crippen LogP contribution is -2.44. The highest BCUT2D eigenvalue weighted by Gasteiger charge is 2.35. The fraction of sp³-hybridized carbons (Fsp3) is 0.222. The van der Waals surface area contributed by atoms with Crippen LogP contribution < -0.4 is 10.1 Å². The standard InChI is InChI=1S/C18H17FN2O3/c19-13-8-10-14(11-9-13)20-17(22)16-7-4-12-21(16)18(23)24-15-5-2-1-3-6-15/h1-3,5-6,8-11,16H,4,7,12H2,(H,20,22)/t16-/m0/s1. The zero-order chi connectivity index (χ0) is 16.9. The molecule has 0 spiro atoms. The molecule has 124 valence electrons. The second-order valence-corrected chi connectivity index (χ2v) is 5.53. The van der Waals surface area contributed by atoms with Crippen molar-refractivity contribution in [2.75, 3.05) is 11.9 Å². The second-order valence-electron chi connectivity index (χ2n) is 5.53. The number of ether oxygens (including phenoxy) is 1. The van der Waals surface area contributed by atoms with E-state index in [1.807, 2.05) is 6.07 Å². The minimum absolute atomic E-state index is 0.302. The minimum atomic E-state index is -0.591. The first-order chi connectivity index (χ1) is 11.6. The van der Waals surface area contributed by atoms with Gasteiger partial charge in [0, 0.05) is 12.2 Å². The van der Waals surface area contributed by atoms with Gasteiger partial charge in [0.25, 0.3) is 0 Å². The highest BCUT2D eigenvalue weighted by molar-refractivity contribution is 5.97. The van der Waals surface area contributed by atoms with Gasteiger partial charge in [-0.3, -0.25) is 9.69 Å². The molecule has 1 aliphatic heterocycles. The molecule has 0 unspecified atom stereocenters. The number of benzene rings is 2. The molecule has 1 saturated heterocycles. The van der Waals surface area contributed by atoms with Crippen molar-refractivity contribution in [1.29, 1.82) is 0 Å². The SMILES string of the molecule is O=C(Nc1ccc(F)cc1)[C@@H]1CCCN1C(=O)Oc1ccccc1. The minimum Gasteiger partial charge on any atom is -0.410 e. The molecule has 6 heteroatoms. The van der Waals surface area contributed by atoms with Crippen LogP contribution in [0.25, 0.3) is 0 Å². The Morgan fingerprint density at radius 3 is 2.50 bits per heavy atom. The lowest BCUT2D eigenvalue weighted by Gasteiger charge is -2.23. The van der Waals surface area contributed by atoms with Crippen molar-refractivity contribution in [2.45, 2.75) is 18.9 Å². The van der Waals surface area contributed by atoms with E-state index in [4.69, 9.17) is 4.74 Å². The third-order valence-corrected chi connectivity index (χ3v) is 3.85. The maximum atomic E-state index is 12.9. The van der Waals surface area contributed by atoms with Gasteiger partial charge in [-0.05, 0) is 49.2 Å². The van der Waals surface area contributed by atoms with Crippen LogP contribution in [-0.2, 0) is 4.79 Å². The zero-order valence-corrected chi connectivity index (χ0v) is 12.9. The van der Waals surface area contributed by atoms with Crippen molar-refractivity contribution < 1.29 is 18.7 Å². The lowest BCUT2D eigenvalue weighted by molar-refractivity contribution is -0.119. The quantitative estimate of drug-likeness (QED) is 0.939. The van der Waals surface area contributed by atoms with Crippen LogP contribution >= 0.6 is 0 Å². The molecule has 2 aromatic rings. The predicted molar refractivity (Wildman–Crippen MR) is 87.2 cm³/mol. The summed E-state index contributed by atoms with van der Waals surface area (Å²) in [4.78, 5) is 26.1. The van der Waals surface area contributed by atoms with Crippen LogP contribution in [-0.4, -0.2) is 29.5 Å². The Morgan fingerprint density at radius 1 is 1.08 bits per heavy atom. The molecule has 1 fully saturated rings. The van der Waals surface area contributed by atoms with Crippen molar-refractivity contribution in [3.8, 4) is 5.75 Å². The summed E-state index contributed by atoms with van der Waals surface area (Å²) < 4.78 is 18.2. The Kier molecular flexibility index (Phi) is 4.74. The molecule has 5 nitrogen and oxygen atoms in total. The van der Waals surface area contributed by atoms with Crippen LogP contribution in [0.15, 0.2) is 54.6 Å². The Bertz CT molecular complexity index is 719. The van der Waals surface area contributed by atoms with Crippen LogP contribution in [0.1, 0.15) is 12.8 Å². The molecule has 2 amide bonds. The van der Waals surface area contributed by atoms with Crippen molar-refractivity contribution in [3.63, 3.8) is 0 Å². The smallest absolute Gasteiger partial charge is 0.410 e. The summed E-state index contributed by atoms with van der Waals surface area (Å²) in [6.45, 7) is 0.465. The Balaban J connectivity index is 1.65. The van der Waals surface area contributed by atoms with Gasteiger partial charge in [-0.1, -0.05) is 18.2 Å². The number of halogens is 1. The van der Waals surface area contributed by atoms with Crippen LogP contribution in [0.2, 0.25) is 0 Å². The molecule has 0 saturated carbocycles. The number of carbonyl (C=O) groups excluding carboxylic acids is 2. The third kappa shape index (κ3) is 3.71. The highest BCUT2D eigenvalue weighted by Crippen LogP contribution is 2.21. The van der Waals surface area contributed by atoms with Crippen molar-refractivity contribution in [3.05, 3.63) is 60.4 Å². The maximum Gasteiger partial charge on any atom is 0.415 e. The normalized spacial score (nSPS) is 16.7. The first kappa shape index (κ1) is 16.0. The molecule has 0 aromatic heterocycles. The topological polar surface area (TPSA) is 58.6 Å². The largest absolute Gasteiger partial charge is 0.415 e. The van der Waals surface area contributed by atoms with Gasteiger partial charge in [0.1, 0.15) is 17.6 Å². The van der Waals surface area contributed by atoms with Crippen LogP contribution in [0, 0.1) is 5.82 Å². The van der Waals surface area contributed by atoms with Crippen LogP contribution in [0.5, 0.6) is 5.75 Å². The summed E-state index contributed by atoms with van der Waals surface area (Å²) in [5, 5.41) is 2.70. The van der Waals surface area contributed by atoms with Gasteiger partial charge in [-0.15, -0.1) is 0 Å². The molecule has 1 atom stereocenters. The molecular weight excluding hydrogens is 311 g/mol. The number of hydrogen-bond acceptors (Lipinski definition) is 3. The zero-order valence-electron chi connectivity index (χ0n) is 12.9. The molecule has 2 aromatic carbocycles. The Labute approximate surface area is 139 Å². The summed E-state index contributed by atoms with van der Waals surface area (Å²) in [5.41, 5.74) is 0.490. The van der Waals surface area contributed by atoms with Gasteiger partial charge in [-0.2, -0.15) is 0 Å². The summed E-state index contributed by atoms with van der Waals surface area (Å²) in [6, 6.07) is 13.6. The number of likely N-dealkylation sites (tertiary alicyclic amines) is 1. The van der Waals surface area contributed by atoms with Gasteiger partial charge in [0.05, 0.1) is 0 Å². The van der Waals surface area contributed by atoms with Crippen molar-refractivity contribution in [2.24, 2.45) is 0 Å². The molecule has 1 N–H and O–H groups in total. The number of amides is 2. The number of para-hydroxylation sites is 1. The van der Waals surface area contributed by atoms with Gasteiger partial charge >= 0.3 is 6.09 Å². The van der Waals surface area contributed by atoms with E-state index in [-0.39, 0.29) is 11.7 Å². The average Bonchev–Trinajstić information content (AvgIpc) is 3.08. The van der Waals surface area contributed by atoms with E-state index >= 15 is 0 Å². The van der Waals surface area contributed by atoms with E-state index < -0.39 is 12.1 Å². The van der Waals surface area contributed by atoms with Crippen LogP contribution in [0.4, 0.5) is 14.9 Å². The average molecular weight is 328 g/mol. The lowest BCUT2D eigenvalue weighted by atomic mass is 10.2. The number of carbonyl (C=O) groups is 2. The molecule has 1 heterocycles. The highest BCUT2D eigenvalue weighted by atomic mass is 19.1. The summed E-state index contributed by atoms with van der Waals surface area (Å²) >= 11 is 0. The van der Waals surface area contributed by atoms with Gasteiger partial charge in [-0.25, -0.2) is 9.18 Å². The number of nitrogens with zero attached hydrogens (tertiary/aromatic N) is 1. The van der Waals surface area contributed by atoms with E-state index in [1.54, 1.807) is 24.3 Å². The van der Waals surface area contributed by atoms with E-state index in [9.17, 15) is 14.0 Å².